The summed E-state index contributed by atoms with van der Waals surface area (Å²) in [5.41, 5.74) is -1.96. The van der Waals surface area contributed by atoms with Crippen molar-refractivity contribution in [3.63, 3.8) is 0 Å². The van der Waals surface area contributed by atoms with Crippen molar-refractivity contribution in [2.75, 3.05) is 13.2 Å². The van der Waals surface area contributed by atoms with Crippen LogP contribution in [0.5, 0.6) is 0 Å². The zero-order chi connectivity index (χ0) is 19.3. The summed E-state index contributed by atoms with van der Waals surface area (Å²) >= 11 is 0. The predicted octanol–water partition coefficient (Wildman–Crippen LogP) is 0.976. The van der Waals surface area contributed by atoms with E-state index in [2.05, 4.69) is 38.8 Å². The number of aliphatic hydroxyl groups is 1. The molecule has 3 rings (SSSR count). The second-order valence-electron chi connectivity index (χ2n) is 8.63. The molecule has 2 aliphatic rings. The summed E-state index contributed by atoms with van der Waals surface area (Å²) in [6.07, 6.45) is 0.0986. The van der Waals surface area contributed by atoms with E-state index in [0.29, 0.717) is 13.0 Å². The highest BCUT2D eigenvalue weighted by molar-refractivity contribution is 6.74. The number of hydrogen-bond donors (Lipinski definition) is 2. The molecule has 2 saturated heterocycles. The van der Waals surface area contributed by atoms with E-state index in [-0.39, 0.29) is 11.6 Å². The van der Waals surface area contributed by atoms with Crippen LogP contribution in [-0.2, 0) is 13.9 Å². The van der Waals surface area contributed by atoms with Gasteiger partial charge in [-0.3, -0.25) is 14.3 Å². The summed E-state index contributed by atoms with van der Waals surface area (Å²) < 4.78 is 20.0. The molecule has 26 heavy (non-hydrogen) atoms. The van der Waals surface area contributed by atoms with Crippen LogP contribution in [0.4, 0.5) is 0 Å². The zero-order valence-electron chi connectivity index (χ0n) is 15.9. The average molecular weight is 385 g/mol. The van der Waals surface area contributed by atoms with Gasteiger partial charge in [0.2, 0.25) is 0 Å². The maximum atomic E-state index is 12.2. The molecule has 1 unspecified atom stereocenters. The smallest absolute Gasteiger partial charge is 0.330 e. The Balaban J connectivity index is 2.00. The van der Waals surface area contributed by atoms with Crippen LogP contribution in [0, 0.1) is 0 Å². The fourth-order valence-corrected chi connectivity index (χ4v) is 4.62. The average Bonchev–Trinajstić information content (AvgIpc) is 2.70. The Hall–Kier alpha value is -1.26. The van der Waals surface area contributed by atoms with Crippen LogP contribution < -0.4 is 11.2 Å². The first-order chi connectivity index (χ1) is 12.0. The highest BCUT2D eigenvalue weighted by Gasteiger charge is 2.61. The van der Waals surface area contributed by atoms with Crippen molar-refractivity contribution in [2.45, 2.75) is 69.4 Å². The molecule has 2 bridgehead atoms. The monoisotopic (exact) mass is 384 g/mol. The number of nitrogens with one attached hydrogen (secondary N) is 1. The molecule has 0 saturated carbocycles. The Morgan fingerprint density at radius 1 is 1.42 bits per heavy atom. The van der Waals surface area contributed by atoms with Gasteiger partial charge in [0, 0.05) is 18.7 Å². The SMILES string of the molecule is CC(C)(C)[Si](C)(C)OC1[C@H]2OCC[C@]1(CO)O[C@H]2n1ccc(=O)[nH]c1=O. The lowest BCUT2D eigenvalue weighted by atomic mass is 9.90. The van der Waals surface area contributed by atoms with Crippen LogP contribution in [0.3, 0.4) is 0 Å². The van der Waals surface area contributed by atoms with Crippen LogP contribution >= 0.6 is 0 Å². The van der Waals surface area contributed by atoms with E-state index in [1.54, 1.807) is 0 Å². The van der Waals surface area contributed by atoms with E-state index in [1.807, 2.05) is 0 Å². The molecule has 8 nitrogen and oxygen atoms in total. The van der Waals surface area contributed by atoms with Crippen LogP contribution in [0.2, 0.25) is 18.1 Å². The molecule has 146 valence electrons. The van der Waals surface area contributed by atoms with Gasteiger partial charge in [0.15, 0.2) is 14.5 Å². The van der Waals surface area contributed by atoms with Crippen molar-refractivity contribution in [3.05, 3.63) is 33.1 Å². The molecule has 2 N–H and O–H groups in total. The highest BCUT2D eigenvalue weighted by Crippen LogP contribution is 2.48. The lowest BCUT2D eigenvalue weighted by Crippen LogP contribution is -2.58. The Morgan fingerprint density at radius 3 is 2.69 bits per heavy atom. The molecule has 3 heterocycles. The number of aromatic amines is 1. The van der Waals surface area contributed by atoms with Gasteiger partial charge in [-0.2, -0.15) is 0 Å². The maximum absolute atomic E-state index is 12.2. The van der Waals surface area contributed by atoms with E-state index >= 15 is 0 Å². The van der Waals surface area contributed by atoms with Gasteiger partial charge in [-0.25, -0.2) is 4.79 Å². The zero-order valence-corrected chi connectivity index (χ0v) is 16.9. The van der Waals surface area contributed by atoms with Gasteiger partial charge in [0.1, 0.15) is 17.8 Å². The molecule has 1 aromatic rings. The second-order valence-corrected chi connectivity index (χ2v) is 13.4. The van der Waals surface area contributed by atoms with E-state index < -0.39 is 43.6 Å². The summed E-state index contributed by atoms with van der Waals surface area (Å²) in [7, 11) is -2.17. The van der Waals surface area contributed by atoms with Gasteiger partial charge in [-0.15, -0.1) is 0 Å². The van der Waals surface area contributed by atoms with Crippen LogP contribution in [0.25, 0.3) is 0 Å². The fourth-order valence-electron chi connectivity index (χ4n) is 3.28. The van der Waals surface area contributed by atoms with Crippen molar-refractivity contribution in [3.8, 4) is 0 Å². The predicted molar refractivity (Wildman–Crippen MR) is 97.7 cm³/mol. The number of aliphatic hydroxyl groups excluding tert-OH is 1. The molecular weight excluding hydrogens is 356 g/mol. The topological polar surface area (TPSA) is 103 Å². The molecule has 4 atom stereocenters. The van der Waals surface area contributed by atoms with E-state index in [0.717, 1.165) is 0 Å². The minimum absolute atomic E-state index is 0.0230. The first-order valence-corrected chi connectivity index (χ1v) is 11.8. The van der Waals surface area contributed by atoms with Gasteiger partial charge in [-0.05, 0) is 18.1 Å². The molecular formula is C17H28N2O6Si. The molecule has 2 fully saturated rings. The summed E-state index contributed by atoms with van der Waals surface area (Å²) in [6.45, 7) is 10.9. The largest absolute Gasteiger partial charge is 0.408 e. The van der Waals surface area contributed by atoms with Gasteiger partial charge in [-0.1, -0.05) is 20.8 Å². The van der Waals surface area contributed by atoms with E-state index in [4.69, 9.17) is 13.9 Å². The number of ether oxygens (including phenoxy) is 2. The number of aromatic nitrogens is 2. The summed E-state index contributed by atoms with van der Waals surface area (Å²) in [5.74, 6) is 0. The molecule has 0 spiro atoms. The van der Waals surface area contributed by atoms with Crippen molar-refractivity contribution >= 4 is 8.32 Å². The first-order valence-electron chi connectivity index (χ1n) is 8.90. The maximum Gasteiger partial charge on any atom is 0.330 e. The standard InChI is InChI=1S/C17H28N2O6Si/c1-16(2,3)26(4,5)25-13-12-14(19-8-6-11(21)18-15(19)22)24-17(13,10-20)7-9-23-12/h6,8,12-14,20H,7,9-10H2,1-5H3,(H,18,21,22)/t12-,13?,14-,17-/m1/s1. The van der Waals surface area contributed by atoms with Gasteiger partial charge in [0.25, 0.3) is 5.56 Å². The van der Waals surface area contributed by atoms with Crippen molar-refractivity contribution in [1.29, 1.82) is 0 Å². The Kier molecular flexibility index (Phi) is 4.81. The minimum atomic E-state index is -2.17. The molecule has 0 aromatic carbocycles. The number of H-pyrrole nitrogens is 1. The third-order valence-corrected chi connectivity index (χ3v) is 10.4. The normalized spacial score (nSPS) is 32.0. The van der Waals surface area contributed by atoms with Crippen molar-refractivity contribution in [1.82, 2.24) is 9.55 Å². The number of hydrogen-bond acceptors (Lipinski definition) is 6. The van der Waals surface area contributed by atoms with Gasteiger partial charge in [0.05, 0.1) is 13.2 Å². The van der Waals surface area contributed by atoms with Crippen LogP contribution in [-0.4, -0.2) is 54.0 Å². The molecule has 0 radical (unpaired) electrons. The van der Waals surface area contributed by atoms with E-state index in [1.165, 1.54) is 16.8 Å². The first kappa shape index (κ1) is 19.5. The van der Waals surface area contributed by atoms with Gasteiger partial charge < -0.3 is 19.0 Å². The quantitative estimate of drug-likeness (QED) is 0.750. The fraction of sp³-hybridized carbons (Fsp3) is 0.765. The molecule has 2 aliphatic heterocycles. The lowest BCUT2D eigenvalue weighted by molar-refractivity contribution is -0.139. The van der Waals surface area contributed by atoms with Crippen LogP contribution in [0.15, 0.2) is 21.9 Å². The summed E-state index contributed by atoms with van der Waals surface area (Å²) in [5, 5.41) is 10.1. The number of nitrogens with zero attached hydrogens (tertiary/aromatic N) is 1. The third-order valence-electron chi connectivity index (χ3n) is 5.91. The lowest BCUT2D eigenvalue weighted by Gasteiger charge is -2.45. The molecule has 1 aromatic heterocycles. The summed E-state index contributed by atoms with van der Waals surface area (Å²) in [6, 6.07) is 1.27. The Morgan fingerprint density at radius 2 is 2.12 bits per heavy atom. The number of fused-ring (bicyclic) bond motifs is 2. The Bertz CT molecular complexity index is 782. The highest BCUT2D eigenvalue weighted by atomic mass is 28.4. The van der Waals surface area contributed by atoms with E-state index in [9.17, 15) is 14.7 Å². The van der Waals surface area contributed by atoms with Crippen LogP contribution in [0.1, 0.15) is 33.4 Å². The van der Waals surface area contributed by atoms with Crippen molar-refractivity contribution < 1.29 is 19.0 Å². The van der Waals surface area contributed by atoms with Crippen molar-refractivity contribution in [2.24, 2.45) is 0 Å². The molecule has 0 amide bonds. The Labute approximate surface area is 153 Å². The molecule has 0 aliphatic carbocycles. The number of rotatable bonds is 4. The minimum Gasteiger partial charge on any atom is -0.408 e. The third kappa shape index (κ3) is 3.11. The summed E-state index contributed by atoms with van der Waals surface area (Å²) in [4.78, 5) is 25.8. The molecule has 9 heteroatoms. The van der Waals surface area contributed by atoms with Gasteiger partial charge >= 0.3 is 5.69 Å². The second kappa shape index (κ2) is 6.41.